The molecular weight excluding hydrogens is 232 g/mol. The van der Waals surface area contributed by atoms with Crippen LogP contribution in [0, 0.1) is 5.92 Å². The van der Waals surface area contributed by atoms with Gasteiger partial charge in [0.25, 0.3) is 0 Å². The second-order valence-corrected chi connectivity index (χ2v) is 4.99. The molecule has 1 aromatic carbocycles. The molecule has 4 heteroatoms. The summed E-state index contributed by atoms with van der Waals surface area (Å²) >= 11 is 5.30. The number of benzene rings is 1. The van der Waals surface area contributed by atoms with E-state index in [-0.39, 0.29) is 17.9 Å². The third-order valence-electron chi connectivity index (χ3n) is 3.58. The van der Waals surface area contributed by atoms with Crippen LogP contribution in [0.5, 0.6) is 0 Å². The molecule has 2 fully saturated rings. The quantitative estimate of drug-likeness (QED) is 0.770. The molecule has 0 aromatic heterocycles. The number of hydrogen-bond acceptors (Lipinski definition) is 2. The number of nitrogens with one attached hydrogen (secondary N) is 1. The van der Waals surface area contributed by atoms with Crippen LogP contribution in [-0.4, -0.2) is 17.1 Å². The number of anilines is 1. The van der Waals surface area contributed by atoms with Crippen LogP contribution in [0.15, 0.2) is 30.3 Å². The van der Waals surface area contributed by atoms with Gasteiger partial charge in [0.1, 0.15) is 0 Å². The molecule has 88 valence electrons. The van der Waals surface area contributed by atoms with Gasteiger partial charge in [-0.05, 0) is 37.2 Å². The third kappa shape index (κ3) is 1.72. The first-order valence-corrected chi connectivity index (χ1v) is 6.38. The summed E-state index contributed by atoms with van der Waals surface area (Å²) in [6.45, 7) is 0. The highest BCUT2D eigenvalue weighted by atomic mass is 32.1. The van der Waals surface area contributed by atoms with Crippen LogP contribution in [0.3, 0.4) is 0 Å². The SMILES string of the molecule is O=C1C2CCCC2NC(=S)N1c1ccccc1. The van der Waals surface area contributed by atoms with Crippen LogP contribution < -0.4 is 10.2 Å². The topological polar surface area (TPSA) is 32.3 Å². The summed E-state index contributed by atoms with van der Waals surface area (Å²) in [7, 11) is 0. The van der Waals surface area contributed by atoms with E-state index >= 15 is 0 Å². The Bertz CT molecular complexity index is 460. The Hall–Kier alpha value is -1.42. The Morgan fingerprint density at radius 1 is 1.24 bits per heavy atom. The molecule has 2 aliphatic rings. The zero-order valence-electron chi connectivity index (χ0n) is 9.43. The van der Waals surface area contributed by atoms with E-state index in [0.29, 0.717) is 5.11 Å². The van der Waals surface area contributed by atoms with Crippen molar-refractivity contribution in [2.24, 2.45) is 5.92 Å². The highest BCUT2D eigenvalue weighted by Gasteiger charge is 2.42. The Labute approximate surface area is 106 Å². The second kappa shape index (κ2) is 4.11. The van der Waals surface area contributed by atoms with Crippen LogP contribution in [0.4, 0.5) is 5.69 Å². The van der Waals surface area contributed by atoms with Crippen molar-refractivity contribution < 1.29 is 4.79 Å². The van der Waals surface area contributed by atoms with Gasteiger partial charge in [-0.3, -0.25) is 9.69 Å². The second-order valence-electron chi connectivity index (χ2n) is 4.60. The number of carbonyl (C=O) groups excluding carboxylic acids is 1. The van der Waals surface area contributed by atoms with Gasteiger partial charge in [0.15, 0.2) is 5.11 Å². The highest BCUT2D eigenvalue weighted by Crippen LogP contribution is 2.32. The first-order valence-electron chi connectivity index (χ1n) is 5.97. The maximum Gasteiger partial charge on any atom is 0.238 e. The molecule has 0 bridgehead atoms. The van der Waals surface area contributed by atoms with Gasteiger partial charge in [-0.15, -0.1) is 0 Å². The van der Waals surface area contributed by atoms with Crippen LogP contribution in [0.25, 0.3) is 0 Å². The van der Waals surface area contributed by atoms with Crippen molar-refractivity contribution in [3.8, 4) is 0 Å². The van der Waals surface area contributed by atoms with E-state index in [1.165, 1.54) is 0 Å². The summed E-state index contributed by atoms with van der Waals surface area (Å²) in [5.74, 6) is 0.254. The number of carbonyl (C=O) groups is 1. The zero-order chi connectivity index (χ0) is 11.8. The molecule has 3 rings (SSSR count). The largest absolute Gasteiger partial charge is 0.358 e. The summed E-state index contributed by atoms with van der Waals surface area (Å²) in [6.07, 6.45) is 3.14. The molecule has 1 aliphatic carbocycles. The number of thiocarbonyl (C=S) groups is 1. The Balaban J connectivity index is 1.94. The van der Waals surface area contributed by atoms with Crippen molar-refractivity contribution in [1.29, 1.82) is 0 Å². The van der Waals surface area contributed by atoms with E-state index in [1.54, 1.807) is 4.90 Å². The van der Waals surface area contributed by atoms with Gasteiger partial charge in [-0.2, -0.15) is 0 Å². The molecule has 0 spiro atoms. The number of amides is 1. The van der Waals surface area contributed by atoms with Gasteiger partial charge in [0.05, 0.1) is 11.6 Å². The lowest BCUT2D eigenvalue weighted by molar-refractivity contribution is -0.122. The standard InChI is InChI=1S/C13H14N2OS/c16-12-10-7-4-8-11(10)14-13(17)15(12)9-5-2-1-3-6-9/h1-3,5-6,10-11H,4,7-8H2,(H,14,17). The number of hydrogen-bond donors (Lipinski definition) is 1. The molecule has 1 aliphatic heterocycles. The fourth-order valence-electron chi connectivity index (χ4n) is 2.74. The minimum Gasteiger partial charge on any atom is -0.358 e. The molecule has 1 saturated carbocycles. The van der Waals surface area contributed by atoms with Gasteiger partial charge in [-0.1, -0.05) is 24.6 Å². The number of fused-ring (bicyclic) bond motifs is 1. The first-order chi connectivity index (χ1) is 8.27. The minimum atomic E-state index is 0.0990. The Kier molecular flexibility index (Phi) is 2.59. The first kappa shape index (κ1) is 10.7. The third-order valence-corrected chi connectivity index (χ3v) is 3.88. The monoisotopic (exact) mass is 246 g/mol. The molecule has 1 aromatic rings. The summed E-state index contributed by atoms with van der Waals surface area (Å²) in [5.41, 5.74) is 0.861. The van der Waals surface area contributed by atoms with E-state index in [9.17, 15) is 4.79 Å². The maximum absolute atomic E-state index is 12.4. The van der Waals surface area contributed by atoms with Crippen LogP contribution in [-0.2, 0) is 4.79 Å². The van der Waals surface area contributed by atoms with Crippen molar-refractivity contribution in [3.05, 3.63) is 30.3 Å². The molecule has 0 radical (unpaired) electrons. The number of para-hydroxylation sites is 1. The van der Waals surface area contributed by atoms with Crippen LogP contribution in [0.2, 0.25) is 0 Å². The van der Waals surface area contributed by atoms with Crippen molar-refractivity contribution in [2.75, 3.05) is 4.90 Å². The van der Waals surface area contributed by atoms with Gasteiger partial charge >= 0.3 is 0 Å². The molecular formula is C13H14N2OS. The molecule has 2 atom stereocenters. The molecule has 3 nitrogen and oxygen atoms in total. The van der Waals surface area contributed by atoms with Gasteiger partial charge in [0.2, 0.25) is 5.91 Å². The molecule has 1 heterocycles. The van der Waals surface area contributed by atoms with E-state index in [4.69, 9.17) is 12.2 Å². The lowest BCUT2D eigenvalue weighted by Crippen LogP contribution is -2.58. The van der Waals surface area contributed by atoms with Crippen LogP contribution in [0.1, 0.15) is 19.3 Å². The predicted molar refractivity (Wildman–Crippen MR) is 70.8 cm³/mol. The van der Waals surface area contributed by atoms with E-state index < -0.39 is 0 Å². The Morgan fingerprint density at radius 3 is 2.76 bits per heavy atom. The highest BCUT2D eigenvalue weighted by molar-refractivity contribution is 7.80. The van der Waals surface area contributed by atoms with Crippen LogP contribution >= 0.6 is 12.2 Å². The van der Waals surface area contributed by atoms with Crippen molar-refractivity contribution in [2.45, 2.75) is 25.3 Å². The molecule has 1 N–H and O–H groups in total. The number of rotatable bonds is 1. The fourth-order valence-corrected chi connectivity index (χ4v) is 3.09. The molecule has 17 heavy (non-hydrogen) atoms. The van der Waals surface area contributed by atoms with Gasteiger partial charge in [0, 0.05) is 6.04 Å². The molecule has 1 amide bonds. The van der Waals surface area contributed by atoms with Crippen molar-refractivity contribution in [1.82, 2.24) is 5.32 Å². The maximum atomic E-state index is 12.4. The smallest absolute Gasteiger partial charge is 0.238 e. The Morgan fingerprint density at radius 2 is 2.00 bits per heavy atom. The molecule has 1 saturated heterocycles. The van der Waals surface area contributed by atoms with E-state index in [1.807, 2.05) is 30.3 Å². The lowest BCUT2D eigenvalue weighted by Gasteiger charge is -2.36. The van der Waals surface area contributed by atoms with E-state index in [0.717, 1.165) is 24.9 Å². The fraction of sp³-hybridized carbons (Fsp3) is 0.385. The van der Waals surface area contributed by atoms with Crippen molar-refractivity contribution >= 4 is 28.9 Å². The zero-order valence-corrected chi connectivity index (χ0v) is 10.2. The number of nitrogens with zero attached hydrogens (tertiary/aromatic N) is 1. The predicted octanol–water partition coefficient (Wildman–Crippen LogP) is 2.08. The lowest BCUT2D eigenvalue weighted by atomic mass is 9.99. The van der Waals surface area contributed by atoms with Gasteiger partial charge < -0.3 is 5.32 Å². The summed E-state index contributed by atoms with van der Waals surface area (Å²) in [6, 6.07) is 9.88. The normalized spacial score (nSPS) is 27.9. The summed E-state index contributed by atoms with van der Waals surface area (Å²) in [5, 5.41) is 3.84. The summed E-state index contributed by atoms with van der Waals surface area (Å²) < 4.78 is 0. The minimum absolute atomic E-state index is 0.0990. The van der Waals surface area contributed by atoms with Crippen molar-refractivity contribution in [3.63, 3.8) is 0 Å². The average molecular weight is 246 g/mol. The summed E-state index contributed by atoms with van der Waals surface area (Å²) in [4.78, 5) is 14.1. The molecule has 2 unspecified atom stereocenters. The van der Waals surface area contributed by atoms with E-state index in [2.05, 4.69) is 5.32 Å². The van der Waals surface area contributed by atoms with Gasteiger partial charge in [-0.25, -0.2) is 0 Å². The average Bonchev–Trinajstić information content (AvgIpc) is 2.78.